The monoisotopic (exact) mass is 578 g/mol. The van der Waals surface area contributed by atoms with Crippen molar-refractivity contribution in [3.05, 3.63) is 91.9 Å². The third-order valence-electron chi connectivity index (χ3n) is 4.50. The van der Waals surface area contributed by atoms with E-state index in [1.54, 1.807) is 36.4 Å². The van der Waals surface area contributed by atoms with Crippen LogP contribution in [-0.4, -0.2) is 18.7 Å². The van der Waals surface area contributed by atoms with Gasteiger partial charge in [0.1, 0.15) is 12.0 Å². The van der Waals surface area contributed by atoms with Crippen LogP contribution in [0, 0.1) is 0 Å². The SMILES string of the molecule is C.NPCc1cc(Br)c(Oc2cccc(C(=O)NCCc3ccc(C=O)cc3)c2)c(Br)c1. The lowest BCUT2D eigenvalue weighted by atomic mass is 10.1. The van der Waals surface area contributed by atoms with Crippen molar-refractivity contribution in [1.29, 1.82) is 0 Å². The van der Waals surface area contributed by atoms with Gasteiger partial charge in [-0.3, -0.25) is 9.59 Å². The Morgan fingerprint density at radius 2 is 1.72 bits per heavy atom. The molecular weight excluding hydrogens is 555 g/mol. The van der Waals surface area contributed by atoms with Crippen molar-refractivity contribution in [3.8, 4) is 11.5 Å². The number of aldehydes is 1. The normalized spacial score (nSPS) is 10.6. The molecule has 0 bridgehead atoms. The zero-order valence-corrected chi connectivity index (χ0v) is 20.7. The lowest BCUT2D eigenvalue weighted by Crippen LogP contribution is -2.25. The molecule has 1 unspecified atom stereocenters. The summed E-state index contributed by atoms with van der Waals surface area (Å²) in [6, 6.07) is 18.3. The molecule has 0 aromatic heterocycles. The minimum Gasteiger partial charge on any atom is -0.455 e. The van der Waals surface area contributed by atoms with Gasteiger partial charge in [-0.2, -0.15) is 0 Å². The summed E-state index contributed by atoms with van der Waals surface area (Å²) in [4.78, 5) is 23.3. The molecule has 3 N–H and O–H groups in total. The minimum atomic E-state index is -0.174. The van der Waals surface area contributed by atoms with E-state index in [1.165, 1.54) is 0 Å². The van der Waals surface area contributed by atoms with Crippen LogP contribution >= 0.6 is 40.6 Å². The number of hydrogen-bond acceptors (Lipinski definition) is 4. The largest absolute Gasteiger partial charge is 0.455 e. The number of rotatable bonds is 9. The molecule has 1 amide bonds. The van der Waals surface area contributed by atoms with E-state index in [0.29, 0.717) is 44.3 Å². The molecule has 0 aliphatic rings. The summed E-state index contributed by atoms with van der Waals surface area (Å²) in [7, 11) is 0.342. The molecule has 0 saturated carbocycles. The van der Waals surface area contributed by atoms with E-state index in [-0.39, 0.29) is 13.3 Å². The molecule has 3 aromatic rings. The summed E-state index contributed by atoms with van der Waals surface area (Å²) in [6.45, 7) is 0.491. The van der Waals surface area contributed by atoms with Gasteiger partial charge in [-0.05, 0) is 79.7 Å². The first kappa shape index (κ1) is 26.2. The van der Waals surface area contributed by atoms with E-state index in [0.717, 1.165) is 32.5 Å². The molecule has 8 heteroatoms. The molecule has 32 heavy (non-hydrogen) atoms. The fourth-order valence-electron chi connectivity index (χ4n) is 2.93. The van der Waals surface area contributed by atoms with E-state index >= 15 is 0 Å². The van der Waals surface area contributed by atoms with Gasteiger partial charge < -0.3 is 15.6 Å². The third kappa shape index (κ3) is 7.24. The first-order valence-electron chi connectivity index (χ1n) is 9.52. The van der Waals surface area contributed by atoms with Crippen LogP contribution < -0.4 is 15.6 Å². The van der Waals surface area contributed by atoms with Crippen LogP contribution in [-0.2, 0) is 12.6 Å². The number of amides is 1. The van der Waals surface area contributed by atoms with Crippen LogP contribution in [0.3, 0.4) is 0 Å². The molecule has 0 aliphatic carbocycles. The van der Waals surface area contributed by atoms with Gasteiger partial charge in [0.25, 0.3) is 5.91 Å². The van der Waals surface area contributed by atoms with E-state index < -0.39 is 0 Å². The van der Waals surface area contributed by atoms with E-state index in [9.17, 15) is 9.59 Å². The number of nitrogens with two attached hydrogens (primary N) is 1. The van der Waals surface area contributed by atoms with Gasteiger partial charge in [-0.25, -0.2) is 0 Å². The topological polar surface area (TPSA) is 81.4 Å². The average molecular weight is 580 g/mol. The zero-order chi connectivity index (χ0) is 22.2. The number of ether oxygens (including phenoxy) is 1. The molecule has 1 atom stereocenters. The fraction of sp³-hybridized carbons (Fsp3) is 0.167. The number of hydrogen-bond donors (Lipinski definition) is 2. The van der Waals surface area contributed by atoms with Crippen LogP contribution in [0.1, 0.15) is 39.3 Å². The van der Waals surface area contributed by atoms with Crippen LogP contribution in [0.5, 0.6) is 11.5 Å². The lowest BCUT2D eigenvalue weighted by Gasteiger charge is -2.13. The van der Waals surface area contributed by atoms with Gasteiger partial charge in [0, 0.05) is 23.8 Å². The Balaban J connectivity index is 0.00000363. The van der Waals surface area contributed by atoms with E-state index in [2.05, 4.69) is 37.2 Å². The highest BCUT2D eigenvalue weighted by atomic mass is 79.9. The molecule has 0 aliphatic heterocycles. The average Bonchev–Trinajstić information content (AvgIpc) is 2.77. The fourth-order valence-corrected chi connectivity index (χ4v) is 4.82. The maximum atomic E-state index is 12.5. The molecular formula is C24H25Br2N2O3P. The van der Waals surface area contributed by atoms with Crippen molar-refractivity contribution in [2.45, 2.75) is 20.0 Å². The molecule has 168 valence electrons. The van der Waals surface area contributed by atoms with Crippen LogP contribution in [0.25, 0.3) is 0 Å². The number of halogens is 2. The summed E-state index contributed by atoms with van der Waals surface area (Å²) in [6.07, 6.45) is 2.29. The van der Waals surface area contributed by atoms with Crippen molar-refractivity contribution in [2.75, 3.05) is 6.54 Å². The summed E-state index contributed by atoms with van der Waals surface area (Å²) < 4.78 is 7.65. The number of carbonyl (C=O) groups is 2. The minimum absolute atomic E-state index is 0. The molecule has 0 heterocycles. The zero-order valence-electron chi connectivity index (χ0n) is 16.5. The standard InChI is InChI=1S/C23H21Br2N2O3P.CH4/c24-20-10-17(14-31-26)11-21(25)22(20)30-19-3-1-2-18(12-19)23(29)27-9-8-15-4-6-16(13-28)7-5-15;/h1-7,10-13,31H,8-9,14,26H2,(H,27,29);1H4. The first-order chi connectivity index (χ1) is 15.0. The Hall–Kier alpha value is -2.05. The molecule has 0 saturated heterocycles. The molecule has 3 aromatic carbocycles. The molecule has 5 nitrogen and oxygen atoms in total. The number of benzene rings is 3. The summed E-state index contributed by atoms with van der Waals surface area (Å²) in [5.74, 6) is 1.03. The van der Waals surface area contributed by atoms with Gasteiger partial charge in [0.2, 0.25) is 0 Å². The number of nitrogens with one attached hydrogen (secondary N) is 1. The number of carbonyl (C=O) groups excluding carboxylic acids is 2. The second-order valence-electron chi connectivity index (χ2n) is 6.76. The van der Waals surface area contributed by atoms with Gasteiger partial charge in [-0.1, -0.05) is 46.5 Å². The highest BCUT2D eigenvalue weighted by Crippen LogP contribution is 2.38. The third-order valence-corrected chi connectivity index (χ3v) is 6.29. The second kappa shape index (κ2) is 12.9. The molecule has 0 spiro atoms. The first-order valence-corrected chi connectivity index (χ1v) is 12.4. The van der Waals surface area contributed by atoms with Crippen LogP contribution in [0.15, 0.2) is 69.6 Å². The predicted molar refractivity (Wildman–Crippen MR) is 139 cm³/mol. The Kier molecular flexibility index (Phi) is 10.5. The Labute approximate surface area is 207 Å². The predicted octanol–water partition coefficient (Wildman–Crippen LogP) is 6.48. The smallest absolute Gasteiger partial charge is 0.251 e. The summed E-state index contributed by atoms with van der Waals surface area (Å²) in [5.41, 5.74) is 8.98. The molecule has 3 rings (SSSR count). The maximum Gasteiger partial charge on any atom is 0.251 e. The highest BCUT2D eigenvalue weighted by molar-refractivity contribution is 9.11. The van der Waals surface area contributed by atoms with E-state index in [1.807, 2.05) is 24.3 Å². The Morgan fingerprint density at radius 3 is 2.34 bits per heavy atom. The van der Waals surface area contributed by atoms with Crippen molar-refractivity contribution < 1.29 is 14.3 Å². The molecule has 0 radical (unpaired) electrons. The quantitative estimate of drug-likeness (QED) is 0.225. The second-order valence-corrected chi connectivity index (χ2v) is 9.24. The molecule has 0 fully saturated rings. The van der Waals surface area contributed by atoms with E-state index in [4.69, 9.17) is 10.2 Å². The van der Waals surface area contributed by atoms with Gasteiger partial charge in [-0.15, -0.1) is 0 Å². The van der Waals surface area contributed by atoms with Crippen LogP contribution in [0.2, 0.25) is 0 Å². The van der Waals surface area contributed by atoms with Gasteiger partial charge in [0.05, 0.1) is 8.95 Å². The Morgan fingerprint density at radius 1 is 1.03 bits per heavy atom. The van der Waals surface area contributed by atoms with Crippen LogP contribution in [0.4, 0.5) is 0 Å². The summed E-state index contributed by atoms with van der Waals surface area (Å²) >= 11 is 7.09. The summed E-state index contributed by atoms with van der Waals surface area (Å²) in [5, 5.41) is 2.92. The Bertz CT molecular complexity index is 1050. The van der Waals surface area contributed by atoms with Crippen molar-refractivity contribution in [3.63, 3.8) is 0 Å². The van der Waals surface area contributed by atoms with Crippen molar-refractivity contribution in [1.82, 2.24) is 5.32 Å². The highest BCUT2D eigenvalue weighted by Gasteiger charge is 2.12. The van der Waals surface area contributed by atoms with Crippen molar-refractivity contribution in [2.24, 2.45) is 5.50 Å². The van der Waals surface area contributed by atoms with Gasteiger partial charge >= 0.3 is 0 Å². The maximum absolute atomic E-state index is 12.5. The van der Waals surface area contributed by atoms with Crippen molar-refractivity contribution >= 4 is 52.8 Å². The lowest BCUT2D eigenvalue weighted by molar-refractivity contribution is 0.0953. The van der Waals surface area contributed by atoms with Gasteiger partial charge in [0.15, 0.2) is 5.75 Å².